The molecule has 0 amide bonds. The molecule has 0 aliphatic rings. The fourth-order valence-corrected chi connectivity index (χ4v) is 1.94. The number of pyridine rings is 1. The lowest BCUT2D eigenvalue weighted by atomic mass is 10.2. The van der Waals surface area contributed by atoms with Crippen LogP contribution in [0.5, 0.6) is 0 Å². The van der Waals surface area contributed by atoms with Gasteiger partial charge in [-0.2, -0.15) is 4.98 Å². The molecule has 2 heterocycles. The zero-order chi connectivity index (χ0) is 13.8. The third kappa shape index (κ3) is 3.38. The number of nitrogens with zero attached hydrogens (tertiary/aromatic N) is 3. The van der Waals surface area contributed by atoms with Gasteiger partial charge >= 0.3 is 0 Å². The van der Waals surface area contributed by atoms with Gasteiger partial charge < -0.3 is 9.84 Å². The second-order valence-electron chi connectivity index (χ2n) is 4.77. The van der Waals surface area contributed by atoms with Crippen molar-refractivity contribution in [3.8, 4) is 11.4 Å². The minimum Gasteiger partial charge on any atom is -0.337 e. The first-order chi connectivity index (χ1) is 9.10. The van der Waals surface area contributed by atoms with Crippen molar-refractivity contribution in [1.82, 2.24) is 20.4 Å². The van der Waals surface area contributed by atoms with Gasteiger partial charge in [-0.3, -0.25) is 4.98 Å². The molecule has 2 rings (SSSR count). The van der Waals surface area contributed by atoms with Crippen molar-refractivity contribution in [3.05, 3.63) is 29.4 Å². The number of hydrogen-bond donors (Lipinski definition) is 1. The zero-order valence-corrected chi connectivity index (χ0v) is 11.9. The maximum atomic E-state index is 5.31. The van der Waals surface area contributed by atoms with Gasteiger partial charge in [0.15, 0.2) is 0 Å². The van der Waals surface area contributed by atoms with Crippen LogP contribution in [-0.4, -0.2) is 21.7 Å². The monoisotopic (exact) mass is 260 g/mol. The first kappa shape index (κ1) is 13.7. The Bertz CT molecular complexity index is 530. The smallest absolute Gasteiger partial charge is 0.243 e. The van der Waals surface area contributed by atoms with Crippen LogP contribution in [0.2, 0.25) is 0 Å². The summed E-state index contributed by atoms with van der Waals surface area (Å²) in [5, 5.41) is 7.37. The summed E-state index contributed by atoms with van der Waals surface area (Å²) in [6.45, 7) is 9.01. The Balaban J connectivity index is 2.20. The van der Waals surface area contributed by atoms with Gasteiger partial charge in [-0.1, -0.05) is 12.1 Å². The standard InChI is InChI=1S/C14H20N4O/c1-5-6-15-11(4)14-17-13(18-19-14)12-7-9(2)16-10(3)8-12/h7-8,11,15H,5-6H2,1-4H3. The maximum absolute atomic E-state index is 5.31. The summed E-state index contributed by atoms with van der Waals surface area (Å²) in [7, 11) is 0. The molecule has 1 atom stereocenters. The Morgan fingerprint density at radius 2 is 1.89 bits per heavy atom. The quantitative estimate of drug-likeness (QED) is 0.895. The largest absolute Gasteiger partial charge is 0.337 e. The molecule has 0 aliphatic carbocycles. The zero-order valence-electron chi connectivity index (χ0n) is 11.9. The van der Waals surface area contributed by atoms with E-state index >= 15 is 0 Å². The second kappa shape index (κ2) is 5.93. The van der Waals surface area contributed by atoms with Gasteiger partial charge in [0.2, 0.25) is 11.7 Å². The summed E-state index contributed by atoms with van der Waals surface area (Å²) in [5.41, 5.74) is 2.86. The van der Waals surface area contributed by atoms with E-state index in [1.165, 1.54) is 0 Å². The second-order valence-corrected chi connectivity index (χ2v) is 4.77. The van der Waals surface area contributed by atoms with Crippen LogP contribution >= 0.6 is 0 Å². The molecule has 0 aliphatic heterocycles. The van der Waals surface area contributed by atoms with Crippen molar-refractivity contribution >= 4 is 0 Å². The molecule has 0 radical (unpaired) electrons. The van der Waals surface area contributed by atoms with E-state index < -0.39 is 0 Å². The van der Waals surface area contributed by atoms with Crippen molar-refractivity contribution in [2.45, 2.75) is 40.2 Å². The summed E-state index contributed by atoms with van der Waals surface area (Å²) in [5.74, 6) is 1.24. The summed E-state index contributed by atoms with van der Waals surface area (Å²) >= 11 is 0. The van der Waals surface area contributed by atoms with Gasteiger partial charge in [0.25, 0.3) is 0 Å². The number of nitrogens with one attached hydrogen (secondary N) is 1. The Hall–Kier alpha value is -1.75. The van der Waals surface area contributed by atoms with Crippen molar-refractivity contribution < 1.29 is 4.52 Å². The molecule has 2 aromatic heterocycles. The Morgan fingerprint density at radius 1 is 1.21 bits per heavy atom. The van der Waals surface area contributed by atoms with Crippen LogP contribution in [0.15, 0.2) is 16.7 Å². The summed E-state index contributed by atoms with van der Waals surface area (Å²) in [6.07, 6.45) is 1.08. The topological polar surface area (TPSA) is 63.8 Å². The molecule has 0 fully saturated rings. The lowest BCUT2D eigenvalue weighted by molar-refractivity contribution is 0.340. The molecular formula is C14H20N4O. The predicted molar refractivity (Wildman–Crippen MR) is 73.7 cm³/mol. The van der Waals surface area contributed by atoms with Crippen molar-refractivity contribution in [2.24, 2.45) is 0 Å². The number of hydrogen-bond acceptors (Lipinski definition) is 5. The van der Waals surface area contributed by atoms with Crippen LogP contribution < -0.4 is 5.32 Å². The number of rotatable bonds is 5. The van der Waals surface area contributed by atoms with E-state index in [4.69, 9.17) is 4.52 Å². The molecule has 0 bridgehead atoms. The molecule has 0 saturated heterocycles. The maximum Gasteiger partial charge on any atom is 0.243 e. The van der Waals surface area contributed by atoms with E-state index in [2.05, 4.69) is 27.4 Å². The Morgan fingerprint density at radius 3 is 2.53 bits per heavy atom. The van der Waals surface area contributed by atoms with Crippen molar-refractivity contribution in [2.75, 3.05) is 6.54 Å². The van der Waals surface area contributed by atoms with Crippen molar-refractivity contribution in [1.29, 1.82) is 0 Å². The van der Waals surface area contributed by atoms with E-state index in [-0.39, 0.29) is 6.04 Å². The fraction of sp³-hybridized carbons (Fsp3) is 0.500. The fourth-order valence-electron chi connectivity index (χ4n) is 1.94. The molecule has 2 aromatic rings. The highest BCUT2D eigenvalue weighted by Gasteiger charge is 2.14. The summed E-state index contributed by atoms with van der Waals surface area (Å²) < 4.78 is 5.31. The molecule has 5 nitrogen and oxygen atoms in total. The molecule has 1 unspecified atom stereocenters. The van der Waals surface area contributed by atoms with Crippen molar-refractivity contribution in [3.63, 3.8) is 0 Å². The average molecular weight is 260 g/mol. The molecule has 5 heteroatoms. The van der Waals surface area contributed by atoms with Crippen LogP contribution in [0.1, 0.15) is 43.6 Å². The normalized spacial score (nSPS) is 12.6. The average Bonchev–Trinajstić information content (AvgIpc) is 2.84. The van der Waals surface area contributed by atoms with Crippen LogP contribution in [-0.2, 0) is 0 Å². The van der Waals surface area contributed by atoms with E-state index in [0.717, 1.165) is 29.9 Å². The lowest BCUT2D eigenvalue weighted by Gasteiger charge is -2.06. The van der Waals surface area contributed by atoms with Crippen LogP contribution in [0.3, 0.4) is 0 Å². The highest BCUT2D eigenvalue weighted by molar-refractivity contribution is 5.55. The van der Waals surface area contributed by atoms with Gasteiger partial charge in [-0.25, -0.2) is 0 Å². The summed E-state index contributed by atoms with van der Waals surface area (Å²) in [4.78, 5) is 8.79. The van der Waals surface area contributed by atoms with Gasteiger partial charge in [0.1, 0.15) is 0 Å². The van der Waals surface area contributed by atoms with Gasteiger partial charge in [0.05, 0.1) is 6.04 Å². The van der Waals surface area contributed by atoms with Crippen LogP contribution in [0.25, 0.3) is 11.4 Å². The third-order valence-corrected chi connectivity index (χ3v) is 2.85. The van der Waals surface area contributed by atoms with E-state index in [0.29, 0.717) is 11.7 Å². The van der Waals surface area contributed by atoms with Gasteiger partial charge in [-0.05, 0) is 45.9 Å². The first-order valence-electron chi connectivity index (χ1n) is 6.62. The Labute approximate surface area is 113 Å². The minimum atomic E-state index is 0.0743. The number of aryl methyl sites for hydroxylation is 2. The first-order valence-corrected chi connectivity index (χ1v) is 6.62. The molecule has 0 spiro atoms. The molecule has 0 aromatic carbocycles. The molecular weight excluding hydrogens is 240 g/mol. The highest BCUT2D eigenvalue weighted by Crippen LogP contribution is 2.19. The third-order valence-electron chi connectivity index (χ3n) is 2.85. The van der Waals surface area contributed by atoms with Crippen LogP contribution in [0.4, 0.5) is 0 Å². The lowest BCUT2D eigenvalue weighted by Crippen LogP contribution is -2.19. The molecule has 19 heavy (non-hydrogen) atoms. The van der Waals surface area contributed by atoms with Crippen LogP contribution in [0, 0.1) is 13.8 Å². The number of aromatic nitrogens is 3. The van der Waals surface area contributed by atoms with E-state index in [1.54, 1.807) is 0 Å². The molecule has 1 N–H and O–H groups in total. The minimum absolute atomic E-state index is 0.0743. The SMILES string of the molecule is CCCNC(C)c1nc(-c2cc(C)nc(C)c2)no1. The van der Waals surface area contributed by atoms with E-state index in [9.17, 15) is 0 Å². The molecule has 102 valence electrons. The van der Waals surface area contributed by atoms with Gasteiger partial charge in [0, 0.05) is 17.0 Å². The van der Waals surface area contributed by atoms with Gasteiger partial charge in [-0.15, -0.1) is 0 Å². The predicted octanol–water partition coefficient (Wildman–Crippen LogP) is 2.81. The van der Waals surface area contributed by atoms with E-state index in [1.807, 2.05) is 32.9 Å². The molecule has 0 saturated carbocycles. The highest BCUT2D eigenvalue weighted by atomic mass is 16.5. The summed E-state index contributed by atoms with van der Waals surface area (Å²) in [6, 6.07) is 4.00. The Kier molecular flexibility index (Phi) is 4.27.